The zero-order valence-corrected chi connectivity index (χ0v) is 9.94. The Labute approximate surface area is 96.4 Å². The standard InChI is InChI=1S/C12H19N3O/c1-15(2)7-11-10(3-4-12(13)14-11)9-5-6-16-8-9/h3-4,9H,5-8H2,1-2H3,(H2,13,14)/t9-/m1/s1. The molecule has 0 spiro atoms. The van der Waals surface area contributed by atoms with E-state index in [9.17, 15) is 0 Å². The summed E-state index contributed by atoms with van der Waals surface area (Å²) in [5.41, 5.74) is 8.12. The summed E-state index contributed by atoms with van der Waals surface area (Å²) in [6.07, 6.45) is 1.09. The van der Waals surface area contributed by atoms with E-state index in [1.54, 1.807) is 0 Å². The summed E-state index contributed by atoms with van der Waals surface area (Å²) in [6.45, 7) is 2.50. The van der Waals surface area contributed by atoms with E-state index in [2.05, 4.69) is 16.0 Å². The lowest BCUT2D eigenvalue weighted by atomic mass is 9.96. The molecular formula is C12H19N3O. The zero-order chi connectivity index (χ0) is 11.5. The van der Waals surface area contributed by atoms with Crippen LogP contribution < -0.4 is 5.73 Å². The van der Waals surface area contributed by atoms with Gasteiger partial charge in [-0.1, -0.05) is 6.07 Å². The molecule has 0 amide bonds. The number of nitrogens with zero attached hydrogens (tertiary/aromatic N) is 2. The summed E-state index contributed by atoms with van der Waals surface area (Å²) in [5.74, 6) is 1.09. The van der Waals surface area contributed by atoms with Crippen LogP contribution in [0, 0.1) is 0 Å². The highest BCUT2D eigenvalue weighted by Gasteiger charge is 2.21. The third kappa shape index (κ3) is 2.51. The first-order valence-corrected chi connectivity index (χ1v) is 5.64. The predicted octanol–water partition coefficient (Wildman–Crippen LogP) is 1.23. The van der Waals surface area contributed by atoms with E-state index in [4.69, 9.17) is 10.5 Å². The Hall–Kier alpha value is -1.13. The van der Waals surface area contributed by atoms with Gasteiger partial charge in [-0.25, -0.2) is 4.98 Å². The molecule has 0 saturated carbocycles. The second-order valence-electron chi connectivity index (χ2n) is 4.57. The van der Waals surface area contributed by atoms with Crippen LogP contribution in [0.4, 0.5) is 5.82 Å². The maximum Gasteiger partial charge on any atom is 0.123 e. The fourth-order valence-corrected chi connectivity index (χ4v) is 2.11. The molecule has 0 aromatic carbocycles. The Morgan fingerprint density at radius 2 is 2.31 bits per heavy atom. The minimum absolute atomic E-state index is 0.489. The summed E-state index contributed by atoms with van der Waals surface area (Å²) < 4.78 is 5.43. The van der Waals surface area contributed by atoms with E-state index in [0.717, 1.165) is 31.9 Å². The maximum atomic E-state index is 5.74. The SMILES string of the molecule is CN(C)Cc1nc(N)ccc1[C@@H]1CCOC1. The Kier molecular flexibility index (Phi) is 3.41. The number of nitrogens with two attached hydrogens (primary N) is 1. The topological polar surface area (TPSA) is 51.4 Å². The number of rotatable bonds is 3. The van der Waals surface area contributed by atoms with Crippen LogP contribution in [-0.2, 0) is 11.3 Å². The first-order valence-electron chi connectivity index (χ1n) is 5.64. The van der Waals surface area contributed by atoms with Crippen LogP contribution in [0.25, 0.3) is 0 Å². The second kappa shape index (κ2) is 4.80. The predicted molar refractivity (Wildman–Crippen MR) is 64.2 cm³/mol. The van der Waals surface area contributed by atoms with E-state index in [0.29, 0.717) is 11.7 Å². The molecule has 1 atom stereocenters. The Bertz CT molecular complexity index is 359. The Morgan fingerprint density at radius 1 is 1.50 bits per heavy atom. The molecule has 1 fully saturated rings. The van der Waals surface area contributed by atoms with Gasteiger partial charge in [-0.05, 0) is 32.1 Å². The summed E-state index contributed by atoms with van der Waals surface area (Å²) in [7, 11) is 4.08. The first-order chi connectivity index (χ1) is 7.66. The summed E-state index contributed by atoms with van der Waals surface area (Å²) in [6, 6.07) is 3.98. The molecule has 1 aliphatic heterocycles. The van der Waals surface area contributed by atoms with E-state index < -0.39 is 0 Å². The molecule has 0 unspecified atom stereocenters. The van der Waals surface area contributed by atoms with Crippen molar-refractivity contribution in [2.45, 2.75) is 18.9 Å². The maximum absolute atomic E-state index is 5.74. The first kappa shape index (κ1) is 11.4. The number of aromatic nitrogens is 1. The summed E-state index contributed by atoms with van der Waals surface area (Å²) >= 11 is 0. The summed E-state index contributed by atoms with van der Waals surface area (Å²) in [5, 5.41) is 0. The highest BCUT2D eigenvalue weighted by Crippen LogP contribution is 2.28. The van der Waals surface area contributed by atoms with Gasteiger partial charge in [-0.15, -0.1) is 0 Å². The van der Waals surface area contributed by atoms with Crippen LogP contribution in [-0.4, -0.2) is 37.2 Å². The van der Waals surface area contributed by atoms with Gasteiger partial charge < -0.3 is 15.4 Å². The molecule has 2 rings (SSSR count). The molecular weight excluding hydrogens is 202 g/mol. The molecule has 1 saturated heterocycles. The second-order valence-corrected chi connectivity index (χ2v) is 4.57. The van der Waals surface area contributed by atoms with Gasteiger partial charge in [-0.3, -0.25) is 0 Å². The molecule has 0 bridgehead atoms. The fraction of sp³-hybridized carbons (Fsp3) is 0.583. The van der Waals surface area contributed by atoms with Crippen molar-refractivity contribution in [3.63, 3.8) is 0 Å². The lowest BCUT2D eigenvalue weighted by molar-refractivity contribution is 0.193. The van der Waals surface area contributed by atoms with Gasteiger partial charge in [0.2, 0.25) is 0 Å². The van der Waals surface area contributed by atoms with Crippen LogP contribution >= 0.6 is 0 Å². The number of ether oxygens (including phenoxy) is 1. The van der Waals surface area contributed by atoms with Gasteiger partial charge in [0.05, 0.1) is 12.3 Å². The van der Waals surface area contributed by atoms with Crippen molar-refractivity contribution in [2.24, 2.45) is 0 Å². The van der Waals surface area contributed by atoms with Crippen molar-refractivity contribution in [3.8, 4) is 0 Å². The molecule has 4 heteroatoms. The molecule has 1 aromatic rings. The highest BCUT2D eigenvalue weighted by atomic mass is 16.5. The van der Waals surface area contributed by atoms with E-state index in [-0.39, 0.29) is 0 Å². The molecule has 1 aromatic heterocycles. The van der Waals surface area contributed by atoms with Crippen LogP contribution in [0.15, 0.2) is 12.1 Å². The lowest BCUT2D eigenvalue weighted by Crippen LogP contribution is -2.16. The average Bonchev–Trinajstić information content (AvgIpc) is 2.69. The average molecular weight is 221 g/mol. The van der Waals surface area contributed by atoms with Gasteiger partial charge >= 0.3 is 0 Å². The monoisotopic (exact) mass is 221 g/mol. The fourth-order valence-electron chi connectivity index (χ4n) is 2.11. The molecule has 0 aliphatic carbocycles. The zero-order valence-electron chi connectivity index (χ0n) is 9.94. The van der Waals surface area contributed by atoms with Crippen molar-refractivity contribution in [1.82, 2.24) is 9.88 Å². The normalized spacial score (nSPS) is 20.6. The lowest BCUT2D eigenvalue weighted by Gasteiger charge is -2.17. The number of hydrogen-bond acceptors (Lipinski definition) is 4. The van der Waals surface area contributed by atoms with Crippen LogP contribution in [0.1, 0.15) is 23.6 Å². The van der Waals surface area contributed by atoms with Crippen LogP contribution in [0.3, 0.4) is 0 Å². The number of anilines is 1. The summed E-state index contributed by atoms with van der Waals surface area (Å²) in [4.78, 5) is 6.55. The third-order valence-corrected chi connectivity index (χ3v) is 2.87. The third-order valence-electron chi connectivity index (χ3n) is 2.87. The van der Waals surface area contributed by atoms with E-state index in [1.807, 2.05) is 20.2 Å². The number of hydrogen-bond donors (Lipinski definition) is 1. The van der Waals surface area contributed by atoms with Gasteiger partial charge in [0.15, 0.2) is 0 Å². The Balaban J connectivity index is 2.27. The minimum atomic E-state index is 0.489. The molecule has 1 aliphatic rings. The Morgan fingerprint density at radius 3 is 2.94 bits per heavy atom. The van der Waals surface area contributed by atoms with Gasteiger partial charge in [-0.2, -0.15) is 0 Å². The molecule has 0 radical (unpaired) electrons. The quantitative estimate of drug-likeness (QED) is 0.834. The highest BCUT2D eigenvalue weighted by molar-refractivity contribution is 5.36. The van der Waals surface area contributed by atoms with Crippen molar-refractivity contribution >= 4 is 5.82 Å². The smallest absolute Gasteiger partial charge is 0.123 e. The molecule has 88 valence electrons. The number of nitrogen functional groups attached to an aromatic ring is 1. The molecule has 16 heavy (non-hydrogen) atoms. The van der Waals surface area contributed by atoms with E-state index >= 15 is 0 Å². The van der Waals surface area contributed by atoms with Crippen LogP contribution in [0.2, 0.25) is 0 Å². The minimum Gasteiger partial charge on any atom is -0.384 e. The van der Waals surface area contributed by atoms with Gasteiger partial charge in [0.25, 0.3) is 0 Å². The number of pyridine rings is 1. The van der Waals surface area contributed by atoms with Crippen LogP contribution in [0.5, 0.6) is 0 Å². The van der Waals surface area contributed by atoms with Crippen molar-refractivity contribution < 1.29 is 4.74 Å². The van der Waals surface area contributed by atoms with Crippen molar-refractivity contribution in [2.75, 3.05) is 33.0 Å². The van der Waals surface area contributed by atoms with Gasteiger partial charge in [0, 0.05) is 19.1 Å². The van der Waals surface area contributed by atoms with Crippen molar-refractivity contribution in [3.05, 3.63) is 23.4 Å². The van der Waals surface area contributed by atoms with Gasteiger partial charge in [0.1, 0.15) is 5.82 Å². The van der Waals surface area contributed by atoms with E-state index in [1.165, 1.54) is 5.56 Å². The molecule has 4 nitrogen and oxygen atoms in total. The molecule has 2 heterocycles. The molecule has 2 N–H and O–H groups in total. The van der Waals surface area contributed by atoms with Crippen molar-refractivity contribution in [1.29, 1.82) is 0 Å². The largest absolute Gasteiger partial charge is 0.384 e.